The first kappa shape index (κ1) is 34.8. The lowest BCUT2D eigenvalue weighted by Crippen LogP contribution is -2.17. The minimum absolute atomic E-state index is 0.174. The van der Waals surface area contributed by atoms with Crippen LogP contribution in [-0.2, 0) is 5.41 Å². The predicted molar refractivity (Wildman–Crippen MR) is 248 cm³/mol. The standard InChI is InChI=1S/C57H41NO/c1-57(2)49-26-13-11-22-45(49)46-36-35-42(37-50(46)57)58(52-28-16-30-54-56(52)48-24-12-14-29-53(48)59-54)51-27-15-25-44(41-33-31-39(32-34-41)38-17-5-3-6-18-38)55(51)47-23-10-9-21-43(47)40-19-7-4-8-20-40/h3-37H,1-2H3. The van der Waals surface area contributed by atoms with Crippen LogP contribution in [0.15, 0.2) is 217 Å². The van der Waals surface area contributed by atoms with Crippen LogP contribution >= 0.6 is 0 Å². The fraction of sp³-hybridized carbons (Fsp3) is 0.0526. The number of anilines is 3. The summed E-state index contributed by atoms with van der Waals surface area (Å²) in [5.74, 6) is 0. The minimum Gasteiger partial charge on any atom is -0.456 e. The third-order valence-electron chi connectivity index (χ3n) is 12.3. The van der Waals surface area contributed by atoms with E-state index in [1.807, 2.05) is 6.07 Å². The number of rotatable bonds is 7. The molecule has 9 aromatic carbocycles. The Hall–Kier alpha value is -7.42. The molecular weight excluding hydrogens is 715 g/mol. The van der Waals surface area contributed by atoms with Crippen LogP contribution in [0.25, 0.3) is 77.6 Å². The molecule has 0 amide bonds. The number of hydrogen-bond donors (Lipinski definition) is 0. The Balaban J connectivity index is 1.22. The van der Waals surface area contributed by atoms with E-state index in [0.29, 0.717) is 0 Å². The molecule has 0 bridgehead atoms. The van der Waals surface area contributed by atoms with E-state index in [9.17, 15) is 0 Å². The van der Waals surface area contributed by atoms with E-state index in [0.717, 1.165) is 55.7 Å². The lowest BCUT2D eigenvalue weighted by atomic mass is 9.82. The third kappa shape index (κ3) is 5.71. The van der Waals surface area contributed by atoms with Crippen molar-refractivity contribution in [3.05, 3.63) is 223 Å². The van der Waals surface area contributed by atoms with Gasteiger partial charge in [-0.15, -0.1) is 0 Å². The maximum absolute atomic E-state index is 6.57. The molecule has 59 heavy (non-hydrogen) atoms. The van der Waals surface area contributed by atoms with Gasteiger partial charge in [-0.25, -0.2) is 0 Å². The van der Waals surface area contributed by atoms with Crippen LogP contribution in [-0.4, -0.2) is 0 Å². The van der Waals surface area contributed by atoms with Gasteiger partial charge in [0.15, 0.2) is 0 Å². The van der Waals surface area contributed by atoms with E-state index in [1.165, 1.54) is 50.1 Å². The van der Waals surface area contributed by atoms with Crippen molar-refractivity contribution in [1.82, 2.24) is 0 Å². The van der Waals surface area contributed by atoms with Gasteiger partial charge in [0, 0.05) is 22.1 Å². The van der Waals surface area contributed by atoms with Gasteiger partial charge >= 0.3 is 0 Å². The molecule has 1 heterocycles. The highest BCUT2D eigenvalue weighted by molar-refractivity contribution is 6.14. The summed E-state index contributed by atoms with van der Waals surface area (Å²) in [5, 5.41) is 2.18. The summed E-state index contributed by atoms with van der Waals surface area (Å²) in [6.07, 6.45) is 0. The summed E-state index contributed by atoms with van der Waals surface area (Å²) in [4.78, 5) is 2.49. The lowest BCUT2D eigenvalue weighted by molar-refractivity contribution is 0.660. The van der Waals surface area contributed by atoms with Crippen LogP contribution in [0.5, 0.6) is 0 Å². The van der Waals surface area contributed by atoms with Crippen LogP contribution in [0.4, 0.5) is 17.1 Å². The molecule has 1 aliphatic rings. The van der Waals surface area contributed by atoms with Crippen LogP contribution in [0.2, 0.25) is 0 Å². The molecule has 1 aliphatic carbocycles. The molecular formula is C57H41NO. The summed E-state index contributed by atoms with van der Waals surface area (Å²) < 4.78 is 6.57. The van der Waals surface area contributed by atoms with Crippen molar-refractivity contribution < 1.29 is 4.42 Å². The normalized spacial score (nSPS) is 12.7. The monoisotopic (exact) mass is 755 g/mol. The molecule has 10 aromatic rings. The predicted octanol–water partition coefficient (Wildman–Crippen LogP) is 16.0. The third-order valence-corrected chi connectivity index (χ3v) is 12.3. The second-order valence-corrected chi connectivity index (χ2v) is 16.0. The van der Waals surface area contributed by atoms with Crippen molar-refractivity contribution in [2.45, 2.75) is 19.3 Å². The quantitative estimate of drug-likeness (QED) is 0.161. The fourth-order valence-electron chi connectivity index (χ4n) is 9.48. The molecule has 280 valence electrons. The number of hydrogen-bond acceptors (Lipinski definition) is 2. The fourth-order valence-corrected chi connectivity index (χ4v) is 9.48. The van der Waals surface area contributed by atoms with E-state index in [2.05, 4.69) is 225 Å². The molecule has 0 saturated carbocycles. The second-order valence-electron chi connectivity index (χ2n) is 16.0. The topological polar surface area (TPSA) is 16.4 Å². The first-order chi connectivity index (χ1) is 29.0. The van der Waals surface area contributed by atoms with Gasteiger partial charge in [0.2, 0.25) is 0 Å². The maximum Gasteiger partial charge on any atom is 0.137 e. The molecule has 0 fully saturated rings. The van der Waals surface area contributed by atoms with Crippen molar-refractivity contribution in [1.29, 1.82) is 0 Å². The van der Waals surface area contributed by atoms with Crippen LogP contribution in [0.3, 0.4) is 0 Å². The zero-order valence-corrected chi connectivity index (χ0v) is 33.1. The Morgan fingerprint density at radius 3 is 1.71 bits per heavy atom. The van der Waals surface area contributed by atoms with E-state index < -0.39 is 0 Å². The van der Waals surface area contributed by atoms with E-state index >= 15 is 0 Å². The number of para-hydroxylation sites is 1. The largest absolute Gasteiger partial charge is 0.456 e. The molecule has 0 spiro atoms. The molecule has 0 aliphatic heterocycles. The highest BCUT2D eigenvalue weighted by Crippen LogP contribution is 2.54. The average molecular weight is 756 g/mol. The Labute approximate surface area is 345 Å². The highest BCUT2D eigenvalue weighted by Gasteiger charge is 2.36. The van der Waals surface area contributed by atoms with Gasteiger partial charge in [0.1, 0.15) is 11.2 Å². The molecule has 0 saturated heterocycles. The van der Waals surface area contributed by atoms with E-state index in [1.54, 1.807) is 0 Å². The van der Waals surface area contributed by atoms with Gasteiger partial charge in [-0.05, 0) is 97.6 Å². The van der Waals surface area contributed by atoms with Gasteiger partial charge in [0.25, 0.3) is 0 Å². The zero-order valence-electron chi connectivity index (χ0n) is 33.1. The molecule has 0 atom stereocenters. The zero-order chi connectivity index (χ0) is 39.5. The Morgan fingerprint density at radius 2 is 0.915 bits per heavy atom. The van der Waals surface area contributed by atoms with Gasteiger partial charge in [0.05, 0.1) is 16.8 Å². The van der Waals surface area contributed by atoms with Crippen LogP contribution in [0, 0.1) is 0 Å². The van der Waals surface area contributed by atoms with E-state index in [-0.39, 0.29) is 5.41 Å². The summed E-state index contributed by atoms with van der Waals surface area (Å²) in [6.45, 7) is 4.72. The molecule has 1 aromatic heterocycles. The van der Waals surface area contributed by atoms with Crippen molar-refractivity contribution in [2.75, 3.05) is 4.90 Å². The SMILES string of the molecule is CC1(C)c2ccccc2-c2ccc(N(c3cccc(-c4ccc(-c5ccccc5)cc4)c3-c3ccccc3-c3ccccc3)c3cccc4oc5ccccc5c34)cc21. The van der Waals surface area contributed by atoms with Crippen LogP contribution < -0.4 is 4.90 Å². The average Bonchev–Trinajstić information content (AvgIpc) is 3.79. The second kappa shape index (κ2) is 13.9. The maximum atomic E-state index is 6.57. The van der Waals surface area contributed by atoms with Crippen LogP contribution in [0.1, 0.15) is 25.0 Å². The first-order valence-electron chi connectivity index (χ1n) is 20.4. The van der Waals surface area contributed by atoms with Gasteiger partial charge < -0.3 is 9.32 Å². The first-order valence-corrected chi connectivity index (χ1v) is 20.4. The molecule has 2 heteroatoms. The summed E-state index contributed by atoms with van der Waals surface area (Å²) in [5.41, 5.74) is 19.5. The van der Waals surface area contributed by atoms with Gasteiger partial charge in [-0.3, -0.25) is 0 Å². The number of furan rings is 1. The van der Waals surface area contributed by atoms with Crippen molar-refractivity contribution in [2.24, 2.45) is 0 Å². The Bertz CT molecular complexity index is 3170. The molecule has 2 nitrogen and oxygen atoms in total. The number of nitrogens with zero attached hydrogens (tertiary/aromatic N) is 1. The molecule has 0 N–H and O–H groups in total. The Kier molecular flexibility index (Phi) is 8.20. The van der Waals surface area contributed by atoms with Crippen molar-refractivity contribution in [3.8, 4) is 55.6 Å². The molecule has 0 unspecified atom stereocenters. The van der Waals surface area contributed by atoms with Gasteiger partial charge in [-0.1, -0.05) is 190 Å². The van der Waals surface area contributed by atoms with Crippen molar-refractivity contribution >= 4 is 39.0 Å². The number of fused-ring (bicyclic) bond motifs is 6. The molecule has 11 rings (SSSR count). The smallest absolute Gasteiger partial charge is 0.137 e. The molecule has 0 radical (unpaired) electrons. The number of benzene rings is 9. The highest BCUT2D eigenvalue weighted by atomic mass is 16.3. The Morgan fingerprint density at radius 1 is 0.373 bits per heavy atom. The lowest BCUT2D eigenvalue weighted by Gasteiger charge is -2.31. The summed E-state index contributed by atoms with van der Waals surface area (Å²) in [6, 6.07) is 77.0. The summed E-state index contributed by atoms with van der Waals surface area (Å²) in [7, 11) is 0. The van der Waals surface area contributed by atoms with E-state index in [4.69, 9.17) is 4.42 Å². The van der Waals surface area contributed by atoms with Gasteiger partial charge in [-0.2, -0.15) is 0 Å². The van der Waals surface area contributed by atoms with Crippen molar-refractivity contribution in [3.63, 3.8) is 0 Å². The summed E-state index contributed by atoms with van der Waals surface area (Å²) >= 11 is 0. The minimum atomic E-state index is -0.174.